The molecule has 0 spiro atoms. The van der Waals surface area contributed by atoms with Crippen LogP contribution >= 0.6 is 0 Å². The minimum absolute atomic E-state index is 0.0796. The van der Waals surface area contributed by atoms with Gasteiger partial charge in [0.05, 0.1) is 65.1 Å². The lowest BCUT2D eigenvalue weighted by atomic mass is 9.95. The Morgan fingerprint density at radius 3 is 1.05 bits per heavy atom. The number of ether oxygens (including phenoxy) is 12. The van der Waals surface area contributed by atoms with E-state index in [0.717, 1.165) is 38.9 Å². The Kier molecular flexibility index (Phi) is 21.4. The van der Waals surface area contributed by atoms with Crippen molar-refractivity contribution < 1.29 is 67.1 Å². The highest BCUT2D eigenvalue weighted by Crippen LogP contribution is 2.38. The van der Waals surface area contributed by atoms with Crippen molar-refractivity contribution >= 4 is 0 Å². The van der Waals surface area contributed by atoms with Gasteiger partial charge in [0.15, 0.2) is 18.9 Å². The molecule has 0 bridgehead atoms. The van der Waals surface area contributed by atoms with Crippen LogP contribution in [0, 0.1) is 0 Å². The minimum Gasteiger partial charge on any atom is -0.385 e. The third-order valence-electron chi connectivity index (χ3n) is 14.8. The summed E-state index contributed by atoms with van der Waals surface area (Å²) < 4.78 is 81.9. The van der Waals surface area contributed by atoms with E-state index in [0.29, 0.717) is 6.61 Å². The molecule has 7 aromatic rings. The van der Waals surface area contributed by atoms with Crippen LogP contribution in [0.5, 0.6) is 0 Å². The van der Waals surface area contributed by atoms with Crippen molar-refractivity contribution in [3.8, 4) is 0 Å². The van der Waals surface area contributed by atoms with Crippen LogP contribution in [0.4, 0.5) is 0 Å². The van der Waals surface area contributed by atoms with Crippen LogP contribution in [0.15, 0.2) is 212 Å². The molecule has 3 heterocycles. The Bertz CT molecular complexity index is 2790. The molecule has 14 nitrogen and oxygen atoms in total. The highest BCUT2D eigenvalue weighted by molar-refractivity contribution is 5.19. The Morgan fingerprint density at radius 2 is 0.630 bits per heavy atom. The molecular weight excluding hydrogens is 1030 g/mol. The van der Waals surface area contributed by atoms with Gasteiger partial charge in [0.25, 0.3) is 0 Å². The largest absolute Gasteiger partial charge is 0.385 e. The maximum atomic E-state index is 13.1. The van der Waals surface area contributed by atoms with Gasteiger partial charge >= 0.3 is 0 Å². The second kappa shape index (κ2) is 29.8. The fourth-order valence-electron chi connectivity index (χ4n) is 10.5. The summed E-state index contributed by atoms with van der Waals surface area (Å²) in [6.45, 7) is 5.15. The zero-order valence-corrected chi connectivity index (χ0v) is 45.8. The van der Waals surface area contributed by atoms with Gasteiger partial charge in [0, 0.05) is 0 Å². The van der Waals surface area contributed by atoms with Crippen LogP contribution in [0.2, 0.25) is 0 Å². The second-order valence-electron chi connectivity index (χ2n) is 20.7. The van der Waals surface area contributed by atoms with Crippen LogP contribution in [-0.4, -0.2) is 109 Å². The first-order valence-corrected chi connectivity index (χ1v) is 28.0. The maximum Gasteiger partial charge on any atom is 0.187 e. The molecule has 3 aliphatic heterocycles. The molecule has 15 atom stereocenters. The van der Waals surface area contributed by atoms with E-state index >= 15 is 0 Å². The van der Waals surface area contributed by atoms with E-state index in [4.69, 9.17) is 56.8 Å². The van der Waals surface area contributed by atoms with E-state index in [-0.39, 0.29) is 46.2 Å². The third-order valence-corrected chi connectivity index (χ3v) is 14.8. The Morgan fingerprint density at radius 1 is 0.309 bits per heavy atom. The summed E-state index contributed by atoms with van der Waals surface area (Å²) in [5.74, 6) is 0. The number of benzene rings is 7. The quantitative estimate of drug-likeness (QED) is 0.0529. The highest BCUT2D eigenvalue weighted by atomic mass is 16.8. The number of aliphatic hydroxyl groups excluding tert-OH is 2. The maximum absolute atomic E-state index is 13.1. The zero-order chi connectivity index (χ0) is 55.6. The molecule has 0 amide bonds. The summed E-state index contributed by atoms with van der Waals surface area (Å²) in [5.41, 5.74) is 6.49. The van der Waals surface area contributed by atoms with Gasteiger partial charge in [0.2, 0.25) is 0 Å². The Labute approximate surface area is 475 Å². The van der Waals surface area contributed by atoms with Crippen molar-refractivity contribution in [3.05, 3.63) is 251 Å². The summed E-state index contributed by atoms with van der Waals surface area (Å²) in [6, 6.07) is 68.8. The average Bonchev–Trinajstić information content (AvgIpc) is 3.60. The van der Waals surface area contributed by atoms with E-state index in [2.05, 4.69) is 0 Å². The number of hydrogen-bond acceptors (Lipinski definition) is 14. The lowest BCUT2D eigenvalue weighted by Gasteiger charge is -2.50. The number of rotatable bonds is 26. The summed E-state index contributed by atoms with van der Waals surface area (Å²) in [5, 5.41) is 24.8. The van der Waals surface area contributed by atoms with Gasteiger partial charge in [-0.15, -0.1) is 0 Å². The average molecular weight is 1100 g/mol. The van der Waals surface area contributed by atoms with E-state index in [1.54, 1.807) is 0 Å². The molecule has 0 unspecified atom stereocenters. The van der Waals surface area contributed by atoms with Crippen LogP contribution in [0.3, 0.4) is 0 Å². The van der Waals surface area contributed by atoms with Gasteiger partial charge < -0.3 is 67.1 Å². The molecule has 0 radical (unpaired) electrons. The lowest BCUT2D eigenvalue weighted by molar-refractivity contribution is -0.387. The van der Waals surface area contributed by atoms with Gasteiger partial charge in [0.1, 0.15) is 61.0 Å². The van der Waals surface area contributed by atoms with Crippen molar-refractivity contribution in [2.24, 2.45) is 0 Å². The van der Waals surface area contributed by atoms with E-state index < -0.39 is 92.1 Å². The fourth-order valence-corrected chi connectivity index (χ4v) is 10.5. The van der Waals surface area contributed by atoms with E-state index in [1.807, 2.05) is 226 Å². The zero-order valence-electron chi connectivity index (χ0n) is 45.8. The molecule has 0 saturated carbocycles. The first-order valence-electron chi connectivity index (χ1n) is 28.0. The molecule has 3 fully saturated rings. The van der Waals surface area contributed by atoms with Crippen LogP contribution in [0.25, 0.3) is 0 Å². The molecular formula is C67H74O14. The molecule has 2 N–H and O–H groups in total. The van der Waals surface area contributed by atoms with Gasteiger partial charge in [-0.05, 0) is 52.8 Å². The SMILES string of the molecule is C[C@@H]1O[C@@H](O)[C@H](OCc2ccccc2)[C@H](O[C@@H]2O[C@@H](C)[C@H](OCc3ccccc3)[C@@H](O[C@@H]3O[C@H](COCc4ccccc4)[C@@H](OCc4ccccc4)[C@H](OCc4ccccc4)[C@H]3OCc3ccccc3)[C@H]2O)[C@H]1OCc1ccccc1. The van der Waals surface area contributed by atoms with Crippen LogP contribution in [0.1, 0.15) is 52.8 Å². The first-order chi connectivity index (χ1) is 39.8. The topological polar surface area (TPSA) is 151 Å². The smallest absolute Gasteiger partial charge is 0.187 e. The number of aliphatic hydroxyl groups is 2. The monoisotopic (exact) mass is 1100 g/mol. The Balaban J connectivity index is 1.01. The normalized spacial score (nSPS) is 28.6. The molecule has 0 aliphatic carbocycles. The van der Waals surface area contributed by atoms with Gasteiger partial charge in [-0.2, -0.15) is 0 Å². The second-order valence-corrected chi connectivity index (χ2v) is 20.7. The summed E-state index contributed by atoms with van der Waals surface area (Å²) in [7, 11) is 0. The fraction of sp³-hybridized carbons (Fsp3) is 0.373. The standard InChI is InChI=1S/C67H74O14/c1-46-58(72-40-50-28-14-5-15-29-50)62(63(65(69)77-46)75-43-53-34-20-8-21-35-53)81-66-56(68)60(57(47(2)78-66)71-39-49-26-12-4-13-27-49)80-67-64(76-44-54-36-22-9-23-37-54)61(74-42-52-32-18-7-19-33-52)59(73-41-51-30-16-6-17-31-51)55(79-67)45-70-38-48-24-10-3-11-25-48/h3-37,46-47,55-69H,38-45H2,1-2H3/t46-,47-,55+,56+,57-,58-,59+,60-,61-,62+,63+,64+,65+,66-,67-/m0/s1. The predicted molar refractivity (Wildman–Crippen MR) is 302 cm³/mol. The van der Waals surface area contributed by atoms with Gasteiger partial charge in [-0.3, -0.25) is 0 Å². The molecule has 3 aliphatic rings. The predicted octanol–water partition coefficient (Wildman–Crippen LogP) is 10.1. The molecule has 426 valence electrons. The summed E-state index contributed by atoms with van der Waals surface area (Å²) >= 11 is 0. The van der Waals surface area contributed by atoms with Crippen LogP contribution in [-0.2, 0) is 103 Å². The number of hydrogen-bond donors (Lipinski definition) is 2. The molecule has 0 aromatic heterocycles. The van der Waals surface area contributed by atoms with Gasteiger partial charge in [-0.25, -0.2) is 0 Å². The Hall–Kier alpha value is -6.02. The van der Waals surface area contributed by atoms with Crippen molar-refractivity contribution in [2.75, 3.05) is 6.61 Å². The highest BCUT2D eigenvalue weighted by Gasteiger charge is 2.55. The van der Waals surface area contributed by atoms with E-state index in [9.17, 15) is 10.2 Å². The van der Waals surface area contributed by atoms with Crippen molar-refractivity contribution in [1.29, 1.82) is 0 Å². The molecule has 81 heavy (non-hydrogen) atoms. The third kappa shape index (κ3) is 16.2. The lowest BCUT2D eigenvalue weighted by Crippen LogP contribution is -2.67. The summed E-state index contributed by atoms with van der Waals surface area (Å²) in [6.07, 6.45) is -15.4. The molecule has 10 rings (SSSR count). The van der Waals surface area contributed by atoms with Gasteiger partial charge in [-0.1, -0.05) is 212 Å². The first kappa shape index (κ1) is 58.2. The molecule has 3 saturated heterocycles. The minimum atomic E-state index is -1.55. The molecule has 14 heteroatoms. The van der Waals surface area contributed by atoms with Crippen molar-refractivity contribution in [1.82, 2.24) is 0 Å². The van der Waals surface area contributed by atoms with Crippen LogP contribution < -0.4 is 0 Å². The van der Waals surface area contributed by atoms with E-state index in [1.165, 1.54) is 0 Å². The molecule has 7 aromatic carbocycles. The van der Waals surface area contributed by atoms with Crippen molar-refractivity contribution in [3.63, 3.8) is 0 Å². The summed E-state index contributed by atoms with van der Waals surface area (Å²) in [4.78, 5) is 0. The van der Waals surface area contributed by atoms with Crippen molar-refractivity contribution in [2.45, 2.75) is 152 Å².